The van der Waals surface area contributed by atoms with E-state index >= 15 is 0 Å². The topological polar surface area (TPSA) is 12.0 Å². The van der Waals surface area contributed by atoms with Crippen LogP contribution in [-0.4, -0.2) is 19.0 Å². The van der Waals surface area contributed by atoms with E-state index in [-0.39, 0.29) is 18.3 Å². The van der Waals surface area contributed by atoms with Gasteiger partial charge in [0.25, 0.3) is 5.92 Å². The van der Waals surface area contributed by atoms with Crippen molar-refractivity contribution >= 4 is 0 Å². The van der Waals surface area contributed by atoms with E-state index in [4.69, 9.17) is 0 Å². The SMILES string of the molecule is FC1(F)CCC2CNCC21. The van der Waals surface area contributed by atoms with Crippen molar-refractivity contribution in [1.29, 1.82) is 0 Å². The van der Waals surface area contributed by atoms with Crippen LogP contribution in [0.3, 0.4) is 0 Å². The van der Waals surface area contributed by atoms with Gasteiger partial charge in [0.15, 0.2) is 0 Å². The molecular weight excluding hydrogens is 136 g/mol. The van der Waals surface area contributed by atoms with E-state index in [1.807, 2.05) is 0 Å². The Hall–Kier alpha value is -0.180. The van der Waals surface area contributed by atoms with Crippen molar-refractivity contribution in [3.05, 3.63) is 0 Å². The summed E-state index contributed by atoms with van der Waals surface area (Å²) in [6, 6.07) is 0. The average molecular weight is 147 g/mol. The van der Waals surface area contributed by atoms with Gasteiger partial charge in [0.05, 0.1) is 0 Å². The third-order valence-electron chi connectivity index (χ3n) is 2.73. The Balaban J connectivity index is 2.16. The Kier molecular flexibility index (Phi) is 1.24. The first-order chi connectivity index (χ1) is 4.70. The Labute approximate surface area is 58.8 Å². The molecule has 0 aromatic carbocycles. The van der Waals surface area contributed by atoms with Crippen LogP contribution >= 0.6 is 0 Å². The molecule has 1 N–H and O–H groups in total. The number of nitrogens with one attached hydrogen (secondary N) is 1. The molecule has 10 heavy (non-hydrogen) atoms. The molecule has 1 heterocycles. The Morgan fingerprint density at radius 3 is 2.80 bits per heavy atom. The third kappa shape index (κ3) is 0.764. The van der Waals surface area contributed by atoms with Gasteiger partial charge in [-0.15, -0.1) is 0 Å². The summed E-state index contributed by atoms with van der Waals surface area (Å²) >= 11 is 0. The van der Waals surface area contributed by atoms with E-state index in [0.717, 1.165) is 6.54 Å². The highest BCUT2D eigenvalue weighted by molar-refractivity contribution is 4.96. The molecule has 1 aliphatic carbocycles. The van der Waals surface area contributed by atoms with Crippen LogP contribution in [0.25, 0.3) is 0 Å². The predicted octanol–water partition coefficient (Wildman–Crippen LogP) is 1.25. The van der Waals surface area contributed by atoms with Gasteiger partial charge in [0, 0.05) is 18.9 Å². The maximum atomic E-state index is 12.9. The van der Waals surface area contributed by atoms with Gasteiger partial charge in [0.1, 0.15) is 0 Å². The van der Waals surface area contributed by atoms with Gasteiger partial charge in [-0.05, 0) is 18.9 Å². The smallest absolute Gasteiger partial charge is 0.252 e. The number of halogens is 2. The van der Waals surface area contributed by atoms with Gasteiger partial charge in [-0.3, -0.25) is 0 Å². The first-order valence-corrected chi connectivity index (χ1v) is 3.79. The Morgan fingerprint density at radius 1 is 1.30 bits per heavy atom. The van der Waals surface area contributed by atoms with Crippen molar-refractivity contribution in [3.8, 4) is 0 Å². The van der Waals surface area contributed by atoms with Crippen LogP contribution in [0.2, 0.25) is 0 Å². The van der Waals surface area contributed by atoms with Crippen LogP contribution in [-0.2, 0) is 0 Å². The van der Waals surface area contributed by atoms with Gasteiger partial charge in [-0.25, -0.2) is 8.78 Å². The minimum Gasteiger partial charge on any atom is -0.316 e. The minimum atomic E-state index is -2.37. The largest absolute Gasteiger partial charge is 0.316 e. The normalized spacial score (nSPS) is 43.8. The lowest BCUT2D eigenvalue weighted by Crippen LogP contribution is -2.26. The zero-order chi connectivity index (χ0) is 7.19. The molecule has 1 saturated carbocycles. The van der Waals surface area contributed by atoms with Crippen molar-refractivity contribution in [1.82, 2.24) is 5.32 Å². The number of hydrogen-bond donors (Lipinski definition) is 1. The maximum absolute atomic E-state index is 12.9. The molecule has 3 heteroatoms. The number of hydrogen-bond acceptors (Lipinski definition) is 1. The molecule has 0 spiro atoms. The highest BCUT2D eigenvalue weighted by Gasteiger charge is 2.51. The van der Waals surface area contributed by atoms with Crippen LogP contribution in [0, 0.1) is 11.8 Å². The van der Waals surface area contributed by atoms with Gasteiger partial charge in [-0.2, -0.15) is 0 Å². The lowest BCUT2D eigenvalue weighted by atomic mass is 9.99. The molecule has 2 atom stereocenters. The Morgan fingerprint density at radius 2 is 2.10 bits per heavy atom. The fourth-order valence-corrected chi connectivity index (χ4v) is 2.09. The molecule has 0 bridgehead atoms. The summed E-state index contributed by atoms with van der Waals surface area (Å²) in [5, 5.41) is 3.00. The summed E-state index contributed by atoms with van der Waals surface area (Å²) in [5.41, 5.74) is 0. The monoisotopic (exact) mass is 147 g/mol. The summed E-state index contributed by atoms with van der Waals surface area (Å²) in [5.74, 6) is -2.46. The summed E-state index contributed by atoms with van der Waals surface area (Å²) < 4.78 is 25.7. The molecule has 2 rings (SSSR count). The van der Waals surface area contributed by atoms with E-state index in [1.54, 1.807) is 0 Å². The second-order valence-electron chi connectivity index (χ2n) is 3.32. The van der Waals surface area contributed by atoms with E-state index < -0.39 is 5.92 Å². The van der Waals surface area contributed by atoms with Crippen molar-refractivity contribution in [2.24, 2.45) is 11.8 Å². The zero-order valence-corrected chi connectivity index (χ0v) is 5.74. The molecule has 2 aliphatic rings. The van der Waals surface area contributed by atoms with Crippen LogP contribution in [0.5, 0.6) is 0 Å². The number of fused-ring (bicyclic) bond motifs is 1. The fraction of sp³-hybridized carbons (Fsp3) is 1.00. The van der Waals surface area contributed by atoms with E-state index in [2.05, 4.69) is 5.32 Å². The van der Waals surface area contributed by atoms with Crippen LogP contribution in [0.4, 0.5) is 8.78 Å². The molecule has 1 aliphatic heterocycles. The van der Waals surface area contributed by atoms with Crippen LogP contribution in [0.15, 0.2) is 0 Å². The van der Waals surface area contributed by atoms with Crippen molar-refractivity contribution in [2.45, 2.75) is 18.8 Å². The second kappa shape index (κ2) is 1.91. The standard InChI is InChI=1S/C7H11F2N/c8-7(9)2-1-5-3-10-4-6(5)7/h5-6,10H,1-4H2. The highest BCUT2D eigenvalue weighted by atomic mass is 19.3. The fourth-order valence-electron chi connectivity index (χ4n) is 2.09. The molecule has 0 aromatic rings. The minimum absolute atomic E-state index is 0.115. The zero-order valence-electron chi connectivity index (χ0n) is 5.74. The number of alkyl halides is 2. The molecule has 0 radical (unpaired) electrons. The summed E-state index contributed by atoms with van der Waals surface area (Å²) in [7, 11) is 0. The molecule has 1 saturated heterocycles. The second-order valence-corrected chi connectivity index (χ2v) is 3.32. The molecule has 2 fully saturated rings. The van der Waals surface area contributed by atoms with Gasteiger partial charge in [-0.1, -0.05) is 0 Å². The van der Waals surface area contributed by atoms with E-state index in [9.17, 15) is 8.78 Å². The van der Waals surface area contributed by atoms with E-state index in [1.165, 1.54) is 0 Å². The van der Waals surface area contributed by atoms with Crippen LogP contribution < -0.4 is 5.32 Å². The van der Waals surface area contributed by atoms with Crippen molar-refractivity contribution in [3.63, 3.8) is 0 Å². The quantitative estimate of drug-likeness (QED) is 0.543. The van der Waals surface area contributed by atoms with Gasteiger partial charge < -0.3 is 5.32 Å². The first-order valence-electron chi connectivity index (χ1n) is 3.79. The third-order valence-corrected chi connectivity index (χ3v) is 2.73. The molecule has 0 amide bonds. The first kappa shape index (κ1) is 6.53. The highest BCUT2D eigenvalue weighted by Crippen LogP contribution is 2.45. The Bertz CT molecular complexity index is 147. The van der Waals surface area contributed by atoms with Crippen molar-refractivity contribution in [2.75, 3.05) is 13.1 Å². The molecule has 1 nitrogen and oxygen atoms in total. The van der Waals surface area contributed by atoms with Crippen molar-refractivity contribution < 1.29 is 8.78 Å². The average Bonchev–Trinajstić information content (AvgIpc) is 2.36. The predicted molar refractivity (Wildman–Crippen MR) is 34.0 cm³/mol. The number of rotatable bonds is 0. The molecule has 58 valence electrons. The molecule has 2 unspecified atom stereocenters. The summed E-state index contributed by atoms with van der Waals surface area (Å²) in [6.07, 6.45) is 0.828. The van der Waals surface area contributed by atoms with E-state index in [0.29, 0.717) is 13.0 Å². The van der Waals surface area contributed by atoms with Gasteiger partial charge >= 0.3 is 0 Å². The molecular formula is C7H11F2N. The van der Waals surface area contributed by atoms with Gasteiger partial charge in [0.2, 0.25) is 0 Å². The maximum Gasteiger partial charge on any atom is 0.252 e. The summed E-state index contributed by atoms with van der Waals surface area (Å²) in [6.45, 7) is 1.33. The van der Waals surface area contributed by atoms with Crippen LogP contribution in [0.1, 0.15) is 12.8 Å². The molecule has 0 aromatic heterocycles. The lowest BCUT2D eigenvalue weighted by Gasteiger charge is -2.15. The summed E-state index contributed by atoms with van der Waals surface area (Å²) in [4.78, 5) is 0. The lowest BCUT2D eigenvalue weighted by molar-refractivity contribution is -0.0358.